The minimum Gasteiger partial charge on any atom is 1.00 e. The molecule has 0 aliphatic heterocycles. The second kappa shape index (κ2) is 21.7. The van der Waals surface area contributed by atoms with Crippen molar-refractivity contribution in [1.29, 1.82) is 0 Å². The molecule has 1 rings (SSSR count). The van der Waals surface area contributed by atoms with E-state index in [1.165, 1.54) is 4.88 Å². The van der Waals surface area contributed by atoms with Crippen molar-refractivity contribution in [1.82, 2.24) is 6.15 Å². The van der Waals surface area contributed by atoms with Gasteiger partial charge in [-0.3, -0.25) is 0 Å². The Morgan fingerprint density at radius 3 is 1.83 bits per heavy atom. The van der Waals surface area contributed by atoms with Gasteiger partial charge in [-0.25, -0.2) is 0 Å². The van der Waals surface area contributed by atoms with Gasteiger partial charge in [0.1, 0.15) is 0 Å². The Morgan fingerprint density at radius 2 is 1.72 bits per heavy atom. The monoisotopic (exact) mass is 382 g/mol. The van der Waals surface area contributed by atoms with Crippen molar-refractivity contribution in [2.45, 2.75) is 32.9 Å². The second-order valence-electron chi connectivity index (χ2n) is 3.44. The fraction of sp³-hybridized carbons (Fsp3) is 0.556. The summed E-state index contributed by atoms with van der Waals surface area (Å²) in [5.74, 6) is 0. The topological polar surface area (TPSA) is 84.1 Å². The van der Waals surface area contributed by atoms with Gasteiger partial charge < -0.3 is 17.0 Å². The van der Waals surface area contributed by atoms with E-state index in [4.69, 9.17) is 26.0 Å². The molecule has 5 N–H and O–H groups in total. The summed E-state index contributed by atoms with van der Waals surface area (Å²) in [6.07, 6.45) is 0. The molecule has 0 fully saturated rings. The maximum Gasteiger partial charge on any atom is 1.00 e. The minimum absolute atomic E-state index is 0. The largest absolute Gasteiger partial charge is 1.00 e. The molecule has 0 aromatic carbocycles. The summed E-state index contributed by atoms with van der Waals surface area (Å²) in [4.78, 5) is 1.25. The van der Waals surface area contributed by atoms with Crippen LogP contribution in [-0.4, -0.2) is 14.0 Å². The van der Waals surface area contributed by atoms with Gasteiger partial charge in [0.15, 0.2) is 0 Å². The molecule has 0 aliphatic rings. The first-order valence-electron chi connectivity index (χ1n) is 4.11. The SMILES string of the molecule is CC(C)(C)[O-].N.NCc1cccs1.[B].[Cl][Co][Cl].[K+]. The Bertz CT molecular complexity index is 223. The first-order chi connectivity index (χ1) is 6.85. The molecule has 0 amide bonds. The van der Waals surface area contributed by atoms with Gasteiger partial charge in [-0.2, -0.15) is 0 Å². The third-order valence-corrected chi connectivity index (χ3v) is 1.68. The Hall–Kier alpha value is 2.37. The van der Waals surface area contributed by atoms with Crippen LogP contribution in [0.4, 0.5) is 0 Å². The molecule has 1 aromatic heterocycles. The molecule has 0 atom stereocenters. The molecule has 0 unspecified atom stereocenters. The minimum atomic E-state index is -0.750. The first-order valence-corrected chi connectivity index (χ1v) is 7.86. The molecule has 1 aromatic rings. The van der Waals surface area contributed by atoms with Crippen LogP contribution in [0.1, 0.15) is 25.6 Å². The number of thiophene rings is 1. The molecule has 0 spiro atoms. The average molecular weight is 383 g/mol. The summed E-state index contributed by atoms with van der Waals surface area (Å²) >= 11 is 2.08. The van der Waals surface area contributed by atoms with Gasteiger partial charge >= 0.3 is 84.6 Å². The van der Waals surface area contributed by atoms with Crippen molar-refractivity contribution < 1.29 is 69.4 Å². The molecule has 3 radical (unpaired) electrons. The molecular formula is C9H19BCl2CoKN2OS. The van der Waals surface area contributed by atoms with Crippen molar-refractivity contribution in [3.63, 3.8) is 0 Å². The molecule has 0 saturated carbocycles. The van der Waals surface area contributed by atoms with E-state index in [9.17, 15) is 5.11 Å². The van der Waals surface area contributed by atoms with Crippen molar-refractivity contribution >= 4 is 40.0 Å². The van der Waals surface area contributed by atoms with Crippen LogP contribution in [0.3, 0.4) is 0 Å². The third kappa shape index (κ3) is 42.9. The zero-order valence-electron chi connectivity index (χ0n) is 11.2. The summed E-state index contributed by atoms with van der Waals surface area (Å²) in [5.41, 5.74) is 4.55. The van der Waals surface area contributed by atoms with Crippen molar-refractivity contribution in [3.05, 3.63) is 22.4 Å². The Balaban J connectivity index is -0.0000000467. The van der Waals surface area contributed by atoms with E-state index in [-0.39, 0.29) is 65.9 Å². The first kappa shape index (κ1) is 32.4. The zero-order chi connectivity index (χ0) is 12.3. The maximum absolute atomic E-state index is 10.1. The molecule has 1 heterocycles. The van der Waals surface area contributed by atoms with Gasteiger partial charge in [0, 0.05) is 19.8 Å². The molecule has 104 valence electrons. The van der Waals surface area contributed by atoms with E-state index in [1.54, 1.807) is 32.1 Å². The van der Waals surface area contributed by atoms with Crippen LogP contribution in [0, 0.1) is 0 Å². The number of nitrogens with two attached hydrogens (primary N) is 1. The standard InChI is InChI=1S/C5H7NS.C4H9O.B.2ClH.Co.K.H3N/c6-4-5-2-1-3-7-5;1-4(2,3)5;;;;;;/h1-3H,4,6H2;1-3H3;;2*1H;;;1H3/q;-1;;;;+2;+1;/p-2. The van der Waals surface area contributed by atoms with E-state index in [2.05, 4.69) is 0 Å². The van der Waals surface area contributed by atoms with Crippen LogP contribution < -0.4 is 68.4 Å². The van der Waals surface area contributed by atoms with Crippen LogP contribution in [0.5, 0.6) is 0 Å². The molecule has 18 heavy (non-hydrogen) atoms. The smallest absolute Gasteiger partial charge is 1.00 e. The summed E-state index contributed by atoms with van der Waals surface area (Å²) < 4.78 is 0. The Morgan fingerprint density at radius 1 is 1.39 bits per heavy atom. The number of rotatable bonds is 1. The Kier molecular flexibility index (Phi) is 38.9. The molecule has 0 bridgehead atoms. The zero-order valence-corrected chi connectivity index (χ0v) is 17.7. The fourth-order valence-corrected chi connectivity index (χ4v) is 1.01. The van der Waals surface area contributed by atoms with Crippen LogP contribution in [0.15, 0.2) is 17.5 Å². The van der Waals surface area contributed by atoms with Gasteiger partial charge in [0.25, 0.3) is 0 Å². The quantitative estimate of drug-likeness (QED) is 0.643. The van der Waals surface area contributed by atoms with Crippen molar-refractivity contribution in [2.75, 3.05) is 0 Å². The van der Waals surface area contributed by atoms with E-state index in [1.807, 2.05) is 17.5 Å². The molecule has 3 nitrogen and oxygen atoms in total. The number of hydrogen-bond acceptors (Lipinski definition) is 4. The molecule has 9 heteroatoms. The van der Waals surface area contributed by atoms with Crippen LogP contribution in [-0.2, 0) is 19.4 Å². The summed E-state index contributed by atoms with van der Waals surface area (Å²) in [7, 11) is 9.47. The van der Waals surface area contributed by atoms with Crippen LogP contribution in [0.2, 0.25) is 0 Å². The van der Waals surface area contributed by atoms with Crippen molar-refractivity contribution in [2.24, 2.45) is 5.73 Å². The molecule has 0 aliphatic carbocycles. The van der Waals surface area contributed by atoms with Gasteiger partial charge in [-0.15, -0.1) is 16.9 Å². The van der Waals surface area contributed by atoms with Gasteiger partial charge in [-0.05, 0) is 11.4 Å². The molecular weight excluding hydrogens is 364 g/mol. The van der Waals surface area contributed by atoms with Crippen LogP contribution >= 0.6 is 31.6 Å². The van der Waals surface area contributed by atoms with E-state index in [0.717, 1.165) is 0 Å². The van der Waals surface area contributed by atoms with Gasteiger partial charge in [0.2, 0.25) is 0 Å². The molecule has 0 saturated heterocycles. The average Bonchev–Trinajstić information content (AvgIpc) is 2.53. The Labute approximate surface area is 174 Å². The van der Waals surface area contributed by atoms with E-state index < -0.39 is 5.60 Å². The summed E-state index contributed by atoms with van der Waals surface area (Å²) in [6.45, 7) is 5.57. The van der Waals surface area contributed by atoms with E-state index >= 15 is 0 Å². The maximum atomic E-state index is 10.1. The second-order valence-corrected chi connectivity index (χ2v) is 6.20. The predicted octanol–water partition coefficient (Wildman–Crippen LogP) is -0.486. The van der Waals surface area contributed by atoms with Crippen LogP contribution in [0.25, 0.3) is 0 Å². The summed E-state index contributed by atoms with van der Waals surface area (Å²) in [5, 5.41) is 12.1. The summed E-state index contributed by atoms with van der Waals surface area (Å²) in [6, 6.07) is 4.04. The van der Waals surface area contributed by atoms with E-state index in [0.29, 0.717) is 19.4 Å². The van der Waals surface area contributed by atoms with Gasteiger partial charge in [-0.1, -0.05) is 26.8 Å². The number of hydrogen-bond donors (Lipinski definition) is 2. The normalized spacial score (nSPS) is 8.17. The fourth-order valence-electron chi connectivity index (χ4n) is 0.429. The number of halogens is 2. The van der Waals surface area contributed by atoms with Crippen molar-refractivity contribution in [3.8, 4) is 0 Å². The third-order valence-electron chi connectivity index (χ3n) is 0.781. The predicted molar refractivity (Wildman–Crippen MR) is 74.4 cm³/mol. The van der Waals surface area contributed by atoms with Gasteiger partial charge in [0.05, 0.1) is 0 Å².